The molecule has 0 saturated heterocycles. The van der Waals surface area contributed by atoms with E-state index in [1.54, 1.807) is 12.6 Å². The van der Waals surface area contributed by atoms with Gasteiger partial charge in [0.15, 0.2) is 0 Å². The molecule has 5 heteroatoms. The molecule has 2 N–H and O–H groups in total. The molecule has 0 bridgehead atoms. The molecule has 0 fully saturated rings. The van der Waals surface area contributed by atoms with E-state index in [2.05, 4.69) is 15.3 Å². The summed E-state index contributed by atoms with van der Waals surface area (Å²) in [5, 5.41) is 13.6. The Hall–Kier alpha value is -2.40. The monoisotopic (exact) mass is 283 g/mol. The van der Waals surface area contributed by atoms with Crippen LogP contribution in [0.1, 0.15) is 23.8 Å². The zero-order chi connectivity index (χ0) is 14.7. The Labute approximate surface area is 122 Å². The highest BCUT2D eigenvalue weighted by Gasteiger charge is 2.16. The Morgan fingerprint density at radius 1 is 1.24 bits per heavy atom. The van der Waals surface area contributed by atoms with Gasteiger partial charge in [0.2, 0.25) is 0 Å². The van der Waals surface area contributed by atoms with Crippen molar-refractivity contribution in [1.29, 1.82) is 0 Å². The van der Waals surface area contributed by atoms with Crippen LogP contribution in [-0.4, -0.2) is 21.7 Å². The summed E-state index contributed by atoms with van der Waals surface area (Å²) in [6, 6.07) is 9.58. The smallest absolute Gasteiger partial charge is 0.138 e. The zero-order valence-electron chi connectivity index (χ0n) is 11.8. The Morgan fingerprint density at radius 2 is 2.14 bits per heavy atom. The number of fused-ring (bicyclic) bond motifs is 1. The van der Waals surface area contributed by atoms with Crippen molar-refractivity contribution in [3.63, 3.8) is 0 Å². The number of aliphatic hydroxyl groups is 1. The molecular formula is C16H17N3O2. The molecule has 1 atom stereocenters. The highest BCUT2D eigenvalue weighted by molar-refractivity contribution is 5.91. The number of nitrogens with one attached hydrogen (secondary N) is 1. The van der Waals surface area contributed by atoms with Crippen molar-refractivity contribution in [3.05, 3.63) is 54.2 Å². The van der Waals surface area contributed by atoms with Crippen molar-refractivity contribution in [2.24, 2.45) is 0 Å². The molecule has 0 aliphatic rings. The summed E-state index contributed by atoms with van der Waals surface area (Å²) < 4.78 is 5.45. The first-order valence-corrected chi connectivity index (χ1v) is 6.90. The van der Waals surface area contributed by atoms with Crippen molar-refractivity contribution in [2.75, 3.05) is 11.9 Å². The molecule has 1 unspecified atom stereocenters. The largest absolute Gasteiger partial charge is 0.467 e. The second-order valence-corrected chi connectivity index (χ2v) is 4.92. The lowest BCUT2D eigenvalue weighted by Crippen LogP contribution is -2.13. The van der Waals surface area contributed by atoms with Crippen LogP contribution in [0.5, 0.6) is 0 Å². The maximum absolute atomic E-state index is 9.27. The number of nitrogens with zero attached hydrogens (tertiary/aromatic N) is 2. The van der Waals surface area contributed by atoms with Crippen LogP contribution in [0.15, 0.2) is 47.3 Å². The number of rotatable bonds is 5. The van der Waals surface area contributed by atoms with E-state index in [9.17, 15) is 5.11 Å². The molecule has 0 aliphatic heterocycles. The Balaban J connectivity index is 2.00. The van der Waals surface area contributed by atoms with Gasteiger partial charge < -0.3 is 14.8 Å². The minimum absolute atomic E-state index is 0.0698. The molecule has 0 saturated carbocycles. The van der Waals surface area contributed by atoms with E-state index in [0.29, 0.717) is 6.42 Å². The fraction of sp³-hybridized carbons (Fsp3) is 0.250. The number of benzene rings is 1. The molecule has 0 radical (unpaired) electrons. The zero-order valence-corrected chi connectivity index (χ0v) is 11.8. The first kappa shape index (κ1) is 13.6. The van der Waals surface area contributed by atoms with Gasteiger partial charge in [-0.1, -0.05) is 12.1 Å². The molecule has 3 aromatic rings. The van der Waals surface area contributed by atoms with Crippen LogP contribution in [0.25, 0.3) is 10.9 Å². The van der Waals surface area contributed by atoms with Crippen LogP contribution < -0.4 is 5.32 Å². The molecular weight excluding hydrogens is 266 g/mol. The van der Waals surface area contributed by atoms with Gasteiger partial charge >= 0.3 is 0 Å². The molecule has 5 nitrogen and oxygen atoms in total. The predicted molar refractivity (Wildman–Crippen MR) is 81.0 cm³/mol. The first-order valence-electron chi connectivity index (χ1n) is 6.90. The second-order valence-electron chi connectivity index (χ2n) is 4.92. The number of aryl methyl sites for hydroxylation is 1. The summed E-state index contributed by atoms with van der Waals surface area (Å²) in [4.78, 5) is 8.65. The highest BCUT2D eigenvalue weighted by Crippen LogP contribution is 2.28. The maximum Gasteiger partial charge on any atom is 0.138 e. The average Bonchev–Trinajstić information content (AvgIpc) is 3.01. The predicted octanol–water partition coefficient (Wildman–Crippen LogP) is 3.07. The van der Waals surface area contributed by atoms with E-state index in [1.165, 1.54) is 0 Å². The number of hydrogen-bond acceptors (Lipinski definition) is 5. The van der Waals surface area contributed by atoms with Gasteiger partial charge in [0, 0.05) is 12.0 Å². The summed E-state index contributed by atoms with van der Waals surface area (Å²) in [6.07, 6.45) is 3.72. The lowest BCUT2D eigenvalue weighted by atomic mass is 10.1. The molecule has 2 aromatic heterocycles. The van der Waals surface area contributed by atoms with E-state index < -0.39 is 0 Å². The normalized spacial score (nSPS) is 12.5. The van der Waals surface area contributed by atoms with Gasteiger partial charge in [0.25, 0.3) is 0 Å². The van der Waals surface area contributed by atoms with Crippen molar-refractivity contribution in [1.82, 2.24) is 9.97 Å². The van der Waals surface area contributed by atoms with E-state index in [4.69, 9.17) is 4.42 Å². The standard InChI is InChI=1S/C16H17N3O2/c1-11-4-2-5-13-15(11)16(18-10-17-13)19-12(7-8-20)14-6-3-9-21-14/h2-6,9-10,12,20H,7-8H2,1H3,(H,17,18,19). The van der Waals surface area contributed by atoms with Gasteiger partial charge in [-0.05, 0) is 37.1 Å². The first-order chi connectivity index (χ1) is 10.3. The van der Waals surface area contributed by atoms with E-state index >= 15 is 0 Å². The van der Waals surface area contributed by atoms with Gasteiger partial charge in [-0.2, -0.15) is 0 Å². The van der Waals surface area contributed by atoms with Crippen molar-refractivity contribution in [2.45, 2.75) is 19.4 Å². The Bertz CT molecular complexity index is 720. The molecule has 3 rings (SSSR count). The van der Waals surface area contributed by atoms with Gasteiger partial charge in [0.1, 0.15) is 17.9 Å². The third kappa shape index (κ3) is 2.73. The lowest BCUT2D eigenvalue weighted by molar-refractivity contribution is 0.273. The number of anilines is 1. The SMILES string of the molecule is Cc1cccc2ncnc(NC(CCO)c3ccco3)c12. The van der Waals surface area contributed by atoms with Crippen molar-refractivity contribution in [3.8, 4) is 0 Å². The quantitative estimate of drug-likeness (QED) is 0.753. The summed E-state index contributed by atoms with van der Waals surface area (Å²) in [6.45, 7) is 2.10. The van der Waals surface area contributed by atoms with Crippen LogP contribution in [-0.2, 0) is 0 Å². The second kappa shape index (κ2) is 5.93. The molecule has 21 heavy (non-hydrogen) atoms. The lowest BCUT2D eigenvalue weighted by Gasteiger charge is -2.17. The minimum atomic E-state index is -0.122. The fourth-order valence-corrected chi connectivity index (χ4v) is 2.46. The third-order valence-electron chi connectivity index (χ3n) is 3.49. The van der Waals surface area contributed by atoms with Gasteiger partial charge in [-0.3, -0.25) is 0 Å². The number of aliphatic hydroxyl groups excluding tert-OH is 1. The number of hydrogen-bond donors (Lipinski definition) is 2. The third-order valence-corrected chi connectivity index (χ3v) is 3.49. The molecule has 2 heterocycles. The summed E-state index contributed by atoms with van der Waals surface area (Å²) in [7, 11) is 0. The van der Waals surface area contributed by atoms with Crippen molar-refractivity contribution < 1.29 is 9.52 Å². The van der Waals surface area contributed by atoms with E-state index in [1.807, 2.05) is 37.3 Å². The van der Waals surface area contributed by atoms with E-state index in [-0.39, 0.29) is 12.6 Å². The van der Waals surface area contributed by atoms with Crippen LogP contribution in [0.4, 0.5) is 5.82 Å². The molecule has 108 valence electrons. The Morgan fingerprint density at radius 3 is 2.90 bits per heavy atom. The van der Waals surface area contributed by atoms with Crippen LogP contribution in [0, 0.1) is 6.92 Å². The van der Waals surface area contributed by atoms with Crippen LogP contribution >= 0.6 is 0 Å². The molecule has 0 aliphatic carbocycles. The molecule has 1 aromatic carbocycles. The highest BCUT2D eigenvalue weighted by atomic mass is 16.3. The van der Waals surface area contributed by atoms with Gasteiger partial charge in [-0.15, -0.1) is 0 Å². The topological polar surface area (TPSA) is 71.2 Å². The number of furan rings is 1. The van der Waals surface area contributed by atoms with Crippen LogP contribution in [0.2, 0.25) is 0 Å². The number of aromatic nitrogens is 2. The minimum Gasteiger partial charge on any atom is -0.467 e. The average molecular weight is 283 g/mol. The fourth-order valence-electron chi connectivity index (χ4n) is 2.46. The summed E-state index contributed by atoms with van der Waals surface area (Å²) in [5.74, 6) is 1.54. The Kier molecular flexibility index (Phi) is 3.83. The van der Waals surface area contributed by atoms with Gasteiger partial charge in [-0.25, -0.2) is 9.97 Å². The molecule has 0 spiro atoms. The van der Waals surface area contributed by atoms with E-state index in [0.717, 1.165) is 28.0 Å². The summed E-state index contributed by atoms with van der Waals surface area (Å²) >= 11 is 0. The van der Waals surface area contributed by atoms with Gasteiger partial charge in [0.05, 0.1) is 17.8 Å². The molecule has 0 amide bonds. The maximum atomic E-state index is 9.27. The van der Waals surface area contributed by atoms with Crippen LogP contribution in [0.3, 0.4) is 0 Å². The summed E-state index contributed by atoms with van der Waals surface area (Å²) in [5.41, 5.74) is 2.01. The van der Waals surface area contributed by atoms with Crippen molar-refractivity contribution >= 4 is 16.7 Å².